The Hall–Kier alpha value is -3.11. The maximum atomic E-state index is 12.1. The van der Waals surface area contributed by atoms with Gasteiger partial charge in [-0.25, -0.2) is 19.7 Å². The summed E-state index contributed by atoms with van der Waals surface area (Å²) >= 11 is 0. The van der Waals surface area contributed by atoms with E-state index in [0.717, 1.165) is 22.8 Å². The molecule has 34 heavy (non-hydrogen) atoms. The molecule has 3 unspecified atom stereocenters. The van der Waals surface area contributed by atoms with Crippen LogP contribution in [-0.4, -0.2) is 49.8 Å². The molecule has 0 saturated heterocycles. The molecule has 0 aliphatic carbocycles. The van der Waals surface area contributed by atoms with Crippen LogP contribution in [0.5, 0.6) is 5.88 Å². The lowest BCUT2D eigenvalue weighted by Gasteiger charge is -2.21. The van der Waals surface area contributed by atoms with E-state index in [2.05, 4.69) is 20.3 Å². The predicted octanol–water partition coefficient (Wildman–Crippen LogP) is 3.43. The van der Waals surface area contributed by atoms with E-state index in [1.54, 1.807) is 30.8 Å². The molecule has 4 heterocycles. The first kappa shape index (κ1) is 24.0. The first-order valence-electron chi connectivity index (χ1n) is 11.3. The number of aromatic nitrogens is 3. The highest BCUT2D eigenvalue weighted by Crippen LogP contribution is 2.32. The predicted molar refractivity (Wildman–Crippen MR) is 132 cm³/mol. The maximum Gasteiger partial charge on any atom is 0.340 e. The van der Waals surface area contributed by atoms with E-state index in [-0.39, 0.29) is 18.1 Å². The number of ether oxygens (including phenoxy) is 2. The zero-order valence-electron chi connectivity index (χ0n) is 19.5. The molecular formula is C24H29N5O4S. The fourth-order valence-corrected chi connectivity index (χ4v) is 4.39. The van der Waals surface area contributed by atoms with Gasteiger partial charge in [0.25, 0.3) is 0 Å². The minimum Gasteiger partial charge on any atom is -0.477 e. The number of nitrogens with zero attached hydrogens (tertiary/aromatic N) is 3. The number of hydrogen-bond donors (Lipinski definition) is 2. The number of carbonyl (C=O) groups excluding carboxylic acids is 1. The van der Waals surface area contributed by atoms with Crippen molar-refractivity contribution in [2.75, 3.05) is 23.9 Å². The van der Waals surface area contributed by atoms with Gasteiger partial charge in [0.2, 0.25) is 5.88 Å². The Morgan fingerprint density at radius 1 is 1.26 bits per heavy atom. The summed E-state index contributed by atoms with van der Waals surface area (Å²) in [4.78, 5) is 25.7. The highest BCUT2D eigenvalue weighted by molar-refractivity contribution is 7.84. The van der Waals surface area contributed by atoms with Gasteiger partial charge in [-0.05, 0) is 48.9 Å². The third-order valence-corrected chi connectivity index (χ3v) is 6.52. The summed E-state index contributed by atoms with van der Waals surface area (Å²) < 4.78 is 22.4. The molecular weight excluding hydrogens is 454 g/mol. The van der Waals surface area contributed by atoms with Gasteiger partial charge in [0.1, 0.15) is 17.7 Å². The SMILES string of the molecule is CCC(N)c1cnc(OCCCS(C)=O)c2cnc(Nc3ccc4c(n3)CC(C)OC4=O)cc12. The molecule has 1 aliphatic heterocycles. The average Bonchev–Trinajstić information content (AvgIpc) is 2.80. The second kappa shape index (κ2) is 10.4. The third-order valence-electron chi connectivity index (χ3n) is 5.66. The van der Waals surface area contributed by atoms with Crippen LogP contribution in [0.15, 0.2) is 30.6 Å². The lowest BCUT2D eigenvalue weighted by atomic mass is 10.0. The molecule has 0 saturated carbocycles. The van der Waals surface area contributed by atoms with Crippen molar-refractivity contribution >= 4 is 39.2 Å². The Bertz CT molecular complexity index is 1240. The first-order chi connectivity index (χ1) is 16.4. The van der Waals surface area contributed by atoms with Crippen molar-refractivity contribution in [3.8, 4) is 5.88 Å². The zero-order valence-corrected chi connectivity index (χ0v) is 20.4. The van der Waals surface area contributed by atoms with Crippen LogP contribution in [0.1, 0.15) is 54.3 Å². The molecule has 3 aromatic heterocycles. The standard InChI is InChI=1S/C24H29N5O4S/c1-4-19(25)17-12-27-23(32-8-5-9-34(3)31)18-13-26-22(11-16(17)18)29-21-7-6-15-20(28-21)10-14(2)33-24(15)30/h6-7,11-14,19H,4-5,8-10,25H2,1-3H3,(H,26,28,29). The van der Waals surface area contributed by atoms with E-state index in [1.165, 1.54) is 0 Å². The number of nitrogens with two attached hydrogens (primary N) is 1. The number of hydrogen-bond acceptors (Lipinski definition) is 9. The van der Waals surface area contributed by atoms with Crippen LogP contribution in [0.3, 0.4) is 0 Å². The van der Waals surface area contributed by atoms with E-state index in [1.807, 2.05) is 19.9 Å². The smallest absolute Gasteiger partial charge is 0.340 e. The van der Waals surface area contributed by atoms with Gasteiger partial charge in [-0.15, -0.1) is 0 Å². The number of fused-ring (bicyclic) bond motifs is 2. The molecule has 0 bridgehead atoms. The van der Waals surface area contributed by atoms with Gasteiger partial charge in [0.15, 0.2) is 0 Å². The van der Waals surface area contributed by atoms with Crippen molar-refractivity contribution in [2.45, 2.75) is 45.3 Å². The molecule has 1 aliphatic rings. The molecule has 3 atom stereocenters. The Morgan fingerprint density at radius 2 is 2.09 bits per heavy atom. The van der Waals surface area contributed by atoms with E-state index in [4.69, 9.17) is 15.2 Å². The Kier molecular flexibility index (Phi) is 7.38. The van der Waals surface area contributed by atoms with Crippen molar-refractivity contribution in [1.82, 2.24) is 15.0 Å². The fourth-order valence-electron chi connectivity index (χ4n) is 3.87. The van der Waals surface area contributed by atoms with E-state index in [0.29, 0.717) is 54.0 Å². The molecule has 0 amide bonds. The van der Waals surface area contributed by atoms with E-state index < -0.39 is 10.8 Å². The Morgan fingerprint density at radius 3 is 2.85 bits per heavy atom. The molecule has 3 N–H and O–H groups in total. The van der Waals surface area contributed by atoms with Crippen LogP contribution < -0.4 is 15.8 Å². The van der Waals surface area contributed by atoms with Crippen LogP contribution in [0.4, 0.5) is 11.6 Å². The van der Waals surface area contributed by atoms with Crippen molar-refractivity contribution in [3.63, 3.8) is 0 Å². The monoisotopic (exact) mass is 483 g/mol. The molecule has 0 aromatic carbocycles. The number of nitrogens with one attached hydrogen (secondary N) is 1. The van der Waals surface area contributed by atoms with Crippen molar-refractivity contribution in [3.05, 3.63) is 47.4 Å². The van der Waals surface area contributed by atoms with Gasteiger partial charge >= 0.3 is 5.97 Å². The normalized spacial score (nSPS) is 17.1. The van der Waals surface area contributed by atoms with E-state index >= 15 is 0 Å². The number of carbonyl (C=O) groups is 1. The number of pyridine rings is 3. The molecule has 0 spiro atoms. The van der Waals surface area contributed by atoms with Gasteiger partial charge in [-0.2, -0.15) is 0 Å². The van der Waals surface area contributed by atoms with Gasteiger partial charge in [0.05, 0.1) is 23.3 Å². The summed E-state index contributed by atoms with van der Waals surface area (Å²) in [6, 6.07) is 5.18. The minimum atomic E-state index is -0.859. The summed E-state index contributed by atoms with van der Waals surface area (Å²) in [5.74, 6) is 1.89. The number of rotatable bonds is 9. The van der Waals surface area contributed by atoms with Crippen LogP contribution in [0.2, 0.25) is 0 Å². The molecule has 4 rings (SSSR count). The van der Waals surface area contributed by atoms with Crippen LogP contribution in [-0.2, 0) is 22.0 Å². The third kappa shape index (κ3) is 5.34. The lowest BCUT2D eigenvalue weighted by Crippen LogP contribution is -2.26. The minimum absolute atomic E-state index is 0.184. The maximum absolute atomic E-state index is 12.1. The topological polar surface area (TPSA) is 129 Å². The largest absolute Gasteiger partial charge is 0.477 e. The Balaban J connectivity index is 1.63. The zero-order chi connectivity index (χ0) is 24.2. The number of anilines is 2. The molecule has 9 nitrogen and oxygen atoms in total. The highest BCUT2D eigenvalue weighted by atomic mass is 32.2. The average molecular weight is 484 g/mol. The van der Waals surface area contributed by atoms with Gasteiger partial charge < -0.3 is 20.5 Å². The molecule has 3 aromatic rings. The van der Waals surface area contributed by atoms with Crippen molar-refractivity contribution in [2.24, 2.45) is 5.73 Å². The highest BCUT2D eigenvalue weighted by Gasteiger charge is 2.25. The quantitative estimate of drug-likeness (QED) is 0.347. The molecule has 0 fully saturated rings. The molecule has 0 radical (unpaired) electrons. The first-order valence-corrected chi connectivity index (χ1v) is 13.0. The van der Waals surface area contributed by atoms with Gasteiger partial charge in [-0.3, -0.25) is 4.21 Å². The summed E-state index contributed by atoms with van der Waals surface area (Å²) in [6.07, 6.45) is 6.92. The summed E-state index contributed by atoms with van der Waals surface area (Å²) in [5.41, 5.74) is 8.46. The molecule has 10 heteroatoms. The Labute approximate surface area is 200 Å². The van der Waals surface area contributed by atoms with E-state index in [9.17, 15) is 9.00 Å². The van der Waals surface area contributed by atoms with Crippen LogP contribution in [0, 0.1) is 0 Å². The fraction of sp³-hybridized carbons (Fsp3) is 0.417. The van der Waals surface area contributed by atoms with Crippen LogP contribution >= 0.6 is 0 Å². The van der Waals surface area contributed by atoms with Crippen molar-refractivity contribution < 1.29 is 18.5 Å². The second-order valence-electron chi connectivity index (χ2n) is 8.36. The number of esters is 1. The molecule has 180 valence electrons. The number of cyclic esters (lactones) is 1. The van der Waals surface area contributed by atoms with Crippen LogP contribution in [0.25, 0.3) is 10.8 Å². The van der Waals surface area contributed by atoms with Gasteiger partial charge in [0, 0.05) is 47.7 Å². The summed E-state index contributed by atoms with van der Waals surface area (Å²) in [7, 11) is -0.859. The second-order valence-corrected chi connectivity index (χ2v) is 9.92. The lowest BCUT2D eigenvalue weighted by molar-refractivity contribution is 0.0297. The van der Waals surface area contributed by atoms with Gasteiger partial charge in [-0.1, -0.05) is 6.92 Å². The van der Waals surface area contributed by atoms with Crippen molar-refractivity contribution in [1.29, 1.82) is 0 Å². The summed E-state index contributed by atoms with van der Waals surface area (Å²) in [6.45, 7) is 4.29. The summed E-state index contributed by atoms with van der Waals surface area (Å²) in [5, 5.41) is 4.89.